The Bertz CT molecular complexity index is 1560. The van der Waals surface area contributed by atoms with E-state index in [1.165, 1.54) is 61.7 Å². The molecule has 1 saturated heterocycles. The van der Waals surface area contributed by atoms with Crippen LogP contribution >= 0.6 is 34.2 Å². The van der Waals surface area contributed by atoms with Gasteiger partial charge in [0.1, 0.15) is 16.3 Å². The second-order valence-corrected chi connectivity index (χ2v) is 10.6. The molecule has 37 heavy (non-hydrogen) atoms. The van der Waals surface area contributed by atoms with E-state index in [0.717, 1.165) is 12.1 Å². The first kappa shape index (κ1) is 26.6. The molecule has 13 heteroatoms. The molecule has 3 aromatic rings. The van der Waals surface area contributed by atoms with E-state index in [1.807, 2.05) is 22.6 Å². The van der Waals surface area contributed by atoms with Gasteiger partial charge >= 0.3 is 16.1 Å². The predicted octanol–water partition coefficient (Wildman–Crippen LogP) is 4.53. The van der Waals surface area contributed by atoms with Gasteiger partial charge in [0.05, 0.1) is 16.4 Å². The number of ether oxygens (including phenoxy) is 1. The molecule has 0 aliphatic carbocycles. The second kappa shape index (κ2) is 10.5. The molecule has 0 atom stereocenters. The standard InChI is InChI=1S/C24H15ClFIN2O7S/c1-35-20-12-13(11-19(27)21(20)36-37(33,34)17-8-2-14(25)3-9-17)10-18-22(30)28-24(32)29(23(18)31)16-6-4-15(26)5-7-16/h2-12H,1H3,(H,28,30,32)/b18-10+. The van der Waals surface area contributed by atoms with E-state index in [0.29, 0.717) is 9.92 Å². The van der Waals surface area contributed by atoms with Crippen LogP contribution in [0.2, 0.25) is 5.02 Å². The Kier molecular flexibility index (Phi) is 7.52. The first-order valence-corrected chi connectivity index (χ1v) is 13.1. The Morgan fingerprint density at radius 3 is 2.30 bits per heavy atom. The highest BCUT2D eigenvalue weighted by Crippen LogP contribution is 2.37. The number of barbiturate groups is 1. The van der Waals surface area contributed by atoms with Crippen LogP contribution in [0, 0.1) is 9.39 Å². The van der Waals surface area contributed by atoms with Crippen molar-refractivity contribution in [2.24, 2.45) is 0 Å². The van der Waals surface area contributed by atoms with Crippen LogP contribution in [-0.4, -0.2) is 33.4 Å². The Balaban J connectivity index is 1.69. The fourth-order valence-electron chi connectivity index (χ4n) is 3.31. The zero-order chi connectivity index (χ0) is 26.9. The number of benzene rings is 3. The molecule has 190 valence electrons. The summed E-state index contributed by atoms with van der Waals surface area (Å²) in [5, 5.41) is 2.42. The monoisotopic (exact) mass is 656 g/mol. The van der Waals surface area contributed by atoms with E-state index >= 15 is 0 Å². The third-order valence-corrected chi connectivity index (χ3v) is 7.33. The molecule has 4 rings (SSSR count). The highest BCUT2D eigenvalue weighted by atomic mass is 127. The van der Waals surface area contributed by atoms with E-state index in [2.05, 4.69) is 5.32 Å². The van der Waals surface area contributed by atoms with Gasteiger partial charge in [0.15, 0.2) is 11.5 Å². The summed E-state index contributed by atoms with van der Waals surface area (Å²) in [6.45, 7) is 0. The number of rotatable bonds is 6. The topological polar surface area (TPSA) is 119 Å². The lowest BCUT2D eigenvalue weighted by Gasteiger charge is -2.26. The maximum Gasteiger partial charge on any atom is 0.339 e. The van der Waals surface area contributed by atoms with E-state index in [1.54, 1.807) is 0 Å². The summed E-state index contributed by atoms with van der Waals surface area (Å²) in [6.07, 6.45) is 1.21. The van der Waals surface area contributed by atoms with Crippen molar-refractivity contribution in [2.45, 2.75) is 4.90 Å². The van der Waals surface area contributed by atoms with E-state index in [4.69, 9.17) is 20.5 Å². The molecule has 1 aliphatic rings. The third kappa shape index (κ3) is 5.60. The van der Waals surface area contributed by atoms with Gasteiger partial charge in [-0.3, -0.25) is 14.9 Å². The van der Waals surface area contributed by atoms with Crippen LogP contribution in [-0.2, 0) is 19.7 Å². The van der Waals surface area contributed by atoms with Crippen molar-refractivity contribution in [1.29, 1.82) is 0 Å². The molecule has 1 fully saturated rings. The smallest absolute Gasteiger partial charge is 0.339 e. The van der Waals surface area contributed by atoms with Gasteiger partial charge in [-0.25, -0.2) is 14.1 Å². The van der Waals surface area contributed by atoms with Crippen molar-refractivity contribution in [2.75, 3.05) is 12.0 Å². The molecule has 0 bridgehead atoms. The third-order valence-electron chi connectivity index (χ3n) is 5.04. The van der Waals surface area contributed by atoms with Gasteiger partial charge < -0.3 is 8.92 Å². The van der Waals surface area contributed by atoms with Crippen molar-refractivity contribution < 1.29 is 36.1 Å². The summed E-state index contributed by atoms with van der Waals surface area (Å²) in [5.41, 5.74) is -0.0424. The maximum absolute atomic E-state index is 13.3. The Hall–Kier alpha value is -3.49. The van der Waals surface area contributed by atoms with Crippen LogP contribution in [0.25, 0.3) is 6.08 Å². The van der Waals surface area contributed by atoms with Crippen molar-refractivity contribution in [1.82, 2.24) is 5.32 Å². The van der Waals surface area contributed by atoms with Gasteiger partial charge in [0.2, 0.25) is 0 Å². The average Bonchev–Trinajstić information content (AvgIpc) is 2.84. The molecule has 4 amide bonds. The molecule has 0 radical (unpaired) electrons. The van der Waals surface area contributed by atoms with Gasteiger partial charge in [-0.2, -0.15) is 8.42 Å². The molecule has 9 nitrogen and oxygen atoms in total. The molecule has 1 heterocycles. The van der Waals surface area contributed by atoms with Gasteiger partial charge in [-0.1, -0.05) is 11.6 Å². The van der Waals surface area contributed by atoms with Crippen molar-refractivity contribution in [3.8, 4) is 11.5 Å². The van der Waals surface area contributed by atoms with Crippen LogP contribution in [0.1, 0.15) is 5.56 Å². The van der Waals surface area contributed by atoms with E-state index in [-0.39, 0.29) is 36.8 Å². The molecule has 0 aromatic heterocycles. The number of carbonyl (C=O) groups is 3. The van der Waals surface area contributed by atoms with Crippen LogP contribution in [0.4, 0.5) is 14.9 Å². The number of methoxy groups -OCH3 is 1. The lowest BCUT2D eigenvalue weighted by Crippen LogP contribution is -2.54. The Morgan fingerprint density at radius 2 is 1.68 bits per heavy atom. The molecule has 0 spiro atoms. The lowest BCUT2D eigenvalue weighted by atomic mass is 10.1. The molecule has 3 aromatic carbocycles. The van der Waals surface area contributed by atoms with E-state index < -0.39 is 33.8 Å². The molecule has 1 N–H and O–H groups in total. The maximum atomic E-state index is 13.3. The number of anilines is 1. The van der Waals surface area contributed by atoms with Gasteiger partial charge in [-0.05, 0) is 94.9 Å². The SMILES string of the molecule is COc1cc(/C=C2\C(=O)NC(=O)N(c3ccc(F)cc3)C2=O)cc(I)c1OS(=O)(=O)c1ccc(Cl)cc1. The number of nitrogens with zero attached hydrogens (tertiary/aromatic N) is 1. The van der Waals surface area contributed by atoms with Crippen LogP contribution in [0.5, 0.6) is 11.5 Å². The zero-order valence-electron chi connectivity index (χ0n) is 18.7. The zero-order valence-corrected chi connectivity index (χ0v) is 22.4. The summed E-state index contributed by atoms with van der Waals surface area (Å²) >= 11 is 7.64. The number of hydrogen-bond donors (Lipinski definition) is 1. The molecular weight excluding hydrogens is 642 g/mol. The molecule has 0 saturated carbocycles. The number of amides is 4. The highest BCUT2D eigenvalue weighted by Gasteiger charge is 2.37. The quantitative estimate of drug-likeness (QED) is 0.179. The van der Waals surface area contributed by atoms with Crippen molar-refractivity contribution >= 4 is 73.9 Å². The lowest BCUT2D eigenvalue weighted by molar-refractivity contribution is -0.122. The van der Waals surface area contributed by atoms with E-state index in [9.17, 15) is 27.2 Å². The van der Waals surface area contributed by atoms with Gasteiger partial charge in [-0.15, -0.1) is 0 Å². The minimum absolute atomic E-state index is 0.00595. The minimum Gasteiger partial charge on any atom is -0.493 e. The number of halogens is 3. The van der Waals surface area contributed by atoms with Crippen LogP contribution < -0.4 is 19.1 Å². The van der Waals surface area contributed by atoms with Crippen LogP contribution in [0.15, 0.2) is 71.1 Å². The number of imide groups is 2. The first-order valence-electron chi connectivity index (χ1n) is 10.2. The normalized spacial score (nSPS) is 15.1. The number of urea groups is 1. The summed E-state index contributed by atoms with van der Waals surface area (Å²) in [5.74, 6) is -2.54. The second-order valence-electron chi connectivity index (χ2n) is 7.46. The molecular formula is C24H15ClFIN2O7S. The Morgan fingerprint density at radius 1 is 1.03 bits per heavy atom. The molecule has 1 aliphatic heterocycles. The van der Waals surface area contributed by atoms with Gasteiger partial charge in [0, 0.05) is 5.02 Å². The van der Waals surface area contributed by atoms with Crippen molar-refractivity contribution in [3.63, 3.8) is 0 Å². The summed E-state index contributed by atoms with van der Waals surface area (Å²) in [7, 11) is -2.95. The fourth-order valence-corrected chi connectivity index (χ4v) is 5.28. The number of nitrogens with one attached hydrogen (secondary N) is 1. The fraction of sp³-hybridized carbons (Fsp3) is 0.0417. The summed E-state index contributed by atoms with van der Waals surface area (Å²) in [4.78, 5) is 38.4. The first-order chi connectivity index (χ1) is 17.5. The number of carbonyl (C=O) groups excluding carboxylic acids is 3. The summed E-state index contributed by atoms with van der Waals surface area (Å²) < 4.78 is 49.7. The highest BCUT2D eigenvalue weighted by molar-refractivity contribution is 14.1. The number of hydrogen-bond acceptors (Lipinski definition) is 7. The summed E-state index contributed by atoms with van der Waals surface area (Å²) in [6, 6.07) is 11.8. The van der Waals surface area contributed by atoms with Crippen molar-refractivity contribution in [3.05, 3.63) is 86.2 Å². The minimum atomic E-state index is -4.24. The van der Waals surface area contributed by atoms with Crippen LogP contribution in [0.3, 0.4) is 0 Å². The largest absolute Gasteiger partial charge is 0.493 e. The average molecular weight is 657 g/mol. The Labute approximate surface area is 229 Å². The van der Waals surface area contributed by atoms with Gasteiger partial charge in [0.25, 0.3) is 11.8 Å². The predicted molar refractivity (Wildman–Crippen MR) is 140 cm³/mol. The molecule has 0 unspecified atom stereocenters.